The second kappa shape index (κ2) is 6.78. The number of benzene rings is 1. The molecule has 1 aliphatic heterocycles. The van der Waals surface area contributed by atoms with E-state index in [1.807, 2.05) is 10.7 Å². The average Bonchev–Trinajstić information content (AvgIpc) is 2.96. The third-order valence-corrected chi connectivity index (χ3v) is 3.98. The largest absolute Gasteiger partial charge is 0.393 e. The Hall–Kier alpha value is -1.79. The second-order valence-electron chi connectivity index (χ2n) is 5.56. The molecule has 0 radical (unpaired) electrons. The minimum atomic E-state index is -0.143. The van der Waals surface area contributed by atoms with Gasteiger partial charge in [0.05, 0.1) is 12.6 Å². The first-order valence-corrected chi connectivity index (χ1v) is 7.50. The van der Waals surface area contributed by atoms with Crippen LogP contribution in [0.25, 0.3) is 0 Å². The number of aromatic nitrogens is 4. The van der Waals surface area contributed by atoms with Crippen LogP contribution >= 0.6 is 0 Å². The summed E-state index contributed by atoms with van der Waals surface area (Å²) in [5.41, 5.74) is 1.29. The third-order valence-electron chi connectivity index (χ3n) is 3.98. The second-order valence-corrected chi connectivity index (χ2v) is 5.56. The standard InChI is InChI=1S/C15H21N5O/c21-14-7-9-19(10-8-14)12-15-16-17-18-20(15)11-6-13-4-2-1-3-5-13/h1-5,14,21H,6-12H2. The fraction of sp³-hybridized carbons (Fsp3) is 0.533. The Morgan fingerprint density at radius 3 is 2.67 bits per heavy atom. The molecule has 0 atom stereocenters. The lowest BCUT2D eigenvalue weighted by molar-refractivity contribution is 0.0773. The number of aliphatic hydroxyl groups is 1. The fourth-order valence-corrected chi connectivity index (χ4v) is 2.67. The quantitative estimate of drug-likeness (QED) is 0.884. The summed E-state index contributed by atoms with van der Waals surface area (Å²) >= 11 is 0. The molecule has 0 bridgehead atoms. The van der Waals surface area contributed by atoms with Crippen molar-refractivity contribution in [3.63, 3.8) is 0 Å². The van der Waals surface area contributed by atoms with Gasteiger partial charge in [-0.3, -0.25) is 4.90 Å². The monoisotopic (exact) mass is 287 g/mol. The predicted octanol–water partition coefficient (Wildman–Crippen LogP) is 0.872. The Labute approximate surface area is 124 Å². The molecule has 1 aromatic carbocycles. The average molecular weight is 287 g/mol. The summed E-state index contributed by atoms with van der Waals surface area (Å²) < 4.78 is 1.89. The van der Waals surface area contributed by atoms with Crippen molar-refractivity contribution >= 4 is 0 Å². The van der Waals surface area contributed by atoms with Gasteiger partial charge >= 0.3 is 0 Å². The molecule has 0 saturated carbocycles. The van der Waals surface area contributed by atoms with Crippen molar-refractivity contribution in [1.82, 2.24) is 25.1 Å². The summed E-state index contributed by atoms with van der Waals surface area (Å²) in [6.07, 6.45) is 2.46. The lowest BCUT2D eigenvalue weighted by Crippen LogP contribution is -2.36. The summed E-state index contributed by atoms with van der Waals surface area (Å²) in [4.78, 5) is 2.30. The van der Waals surface area contributed by atoms with Crippen LogP contribution in [0.5, 0.6) is 0 Å². The molecule has 1 aromatic heterocycles. The van der Waals surface area contributed by atoms with E-state index >= 15 is 0 Å². The van der Waals surface area contributed by atoms with Gasteiger partial charge in [-0.1, -0.05) is 30.3 Å². The van der Waals surface area contributed by atoms with Crippen LogP contribution in [0, 0.1) is 0 Å². The molecule has 0 aliphatic carbocycles. The molecule has 1 aliphatic rings. The molecule has 0 spiro atoms. The molecule has 1 N–H and O–H groups in total. The Morgan fingerprint density at radius 1 is 1.14 bits per heavy atom. The number of nitrogens with zero attached hydrogens (tertiary/aromatic N) is 5. The lowest BCUT2D eigenvalue weighted by Gasteiger charge is -2.28. The van der Waals surface area contributed by atoms with Gasteiger partial charge in [-0.05, 0) is 35.3 Å². The van der Waals surface area contributed by atoms with Crippen LogP contribution < -0.4 is 0 Å². The molecule has 1 fully saturated rings. The van der Waals surface area contributed by atoms with Crippen LogP contribution in [0.4, 0.5) is 0 Å². The van der Waals surface area contributed by atoms with Gasteiger partial charge < -0.3 is 5.11 Å². The Balaban J connectivity index is 1.56. The number of aliphatic hydroxyl groups excluding tert-OH is 1. The van der Waals surface area contributed by atoms with Gasteiger partial charge in [0.25, 0.3) is 0 Å². The highest BCUT2D eigenvalue weighted by Crippen LogP contribution is 2.12. The van der Waals surface area contributed by atoms with E-state index in [2.05, 4.69) is 44.7 Å². The van der Waals surface area contributed by atoms with Crippen LogP contribution in [-0.4, -0.2) is 49.4 Å². The number of hydrogen-bond acceptors (Lipinski definition) is 5. The molecule has 6 heteroatoms. The van der Waals surface area contributed by atoms with E-state index in [0.29, 0.717) is 0 Å². The van der Waals surface area contributed by atoms with Crippen LogP contribution in [0.1, 0.15) is 24.2 Å². The van der Waals surface area contributed by atoms with Crippen molar-refractivity contribution in [2.75, 3.05) is 13.1 Å². The lowest BCUT2D eigenvalue weighted by atomic mass is 10.1. The van der Waals surface area contributed by atoms with Gasteiger partial charge in [0.2, 0.25) is 0 Å². The topological polar surface area (TPSA) is 67.1 Å². The summed E-state index contributed by atoms with van der Waals surface area (Å²) in [5.74, 6) is 0.905. The first kappa shape index (κ1) is 14.2. The van der Waals surface area contributed by atoms with Crippen LogP contribution in [0.3, 0.4) is 0 Å². The first-order chi connectivity index (χ1) is 10.3. The van der Waals surface area contributed by atoms with Gasteiger partial charge in [-0.2, -0.15) is 0 Å². The molecular weight excluding hydrogens is 266 g/mol. The highest BCUT2D eigenvalue weighted by Gasteiger charge is 2.19. The van der Waals surface area contributed by atoms with E-state index in [1.54, 1.807) is 0 Å². The first-order valence-electron chi connectivity index (χ1n) is 7.50. The summed E-state index contributed by atoms with van der Waals surface area (Å²) in [5, 5.41) is 21.6. The Kier molecular flexibility index (Phi) is 4.57. The normalized spacial score (nSPS) is 17.2. The van der Waals surface area contributed by atoms with Gasteiger partial charge in [0.15, 0.2) is 5.82 Å². The molecule has 0 unspecified atom stereocenters. The van der Waals surface area contributed by atoms with E-state index in [0.717, 1.165) is 51.3 Å². The van der Waals surface area contributed by atoms with Crippen molar-refractivity contribution in [2.24, 2.45) is 0 Å². The Bertz CT molecular complexity index is 548. The molecular formula is C15H21N5O. The fourth-order valence-electron chi connectivity index (χ4n) is 2.67. The summed E-state index contributed by atoms with van der Waals surface area (Å²) in [6.45, 7) is 3.37. The number of rotatable bonds is 5. The third kappa shape index (κ3) is 3.86. The molecule has 0 amide bonds. The molecule has 2 heterocycles. The van der Waals surface area contributed by atoms with Crippen molar-refractivity contribution in [2.45, 2.75) is 38.5 Å². The van der Waals surface area contributed by atoms with Gasteiger partial charge in [-0.25, -0.2) is 4.68 Å². The maximum absolute atomic E-state index is 9.55. The zero-order valence-corrected chi connectivity index (χ0v) is 12.1. The van der Waals surface area contributed by atoms with Gasteiger partial charge in [0, 0.05) is 19.6 Å². The highest BCUT2D eigenvalue weighted by atomic mass is 16.3. The zero-order chi connectivity index (χ0) is 14.5. The van der Waals surface area contributed by atoms with Crippen LogP contribution in [0.2, 0.25) is 0 Å². The smallest absolute Gasteiger partial charge is 0.165 e. The van der Waals surface area contributed by atoms with E-state index in [1.165, 1.54) is 5.56 Å². The highest BCUT2D eigenvalue weighted by molar-refractivity contribution is 5.14. The molecule has 112 valence electrons. The number of piperidine rings is 1. The van der Waals surface area contributed by atoms with Crippen molar-refractivity contribution in [1.29, 1.82) is 0 Å². The molecule has 21 heavy (non-hydrogen) atoms. The number of tetrazole rings is 1. The van der Waals surface area contributed by atoms with E-state index in [-0.39, 0.29) is 6.10 Å². The maximum atomic E-state index is 9.55. The van der Waals surface area contributed by atoms with Crippen LogP contribution in [0.15, 0.2) is 30.3 Å². The Morgan fingerprint density at radius 2 is 1.90 bits per heavy atom. The molecule has 2 aromatic rings. The number of likely N-dealkylation sites (tertiary alicyclic amines) is 1. The van der Waals surface area contributed by atoms with Crippen molar-refractivity contribution in [3.05, 3.63) is 41.7 Å². The molecule has 1 saturated heterocycles. The van der Waals surface area contributed by atoms with Gasteiger partial charge in [-0.15, -0.1) is 5.10 Å². The van der Waals surface area contributed by atoms with Crippen molar-refractivity contribution in [3.8, 4) is 0 Å². The van der Waals surface area contributed by atoms with E-state index in [9.17, 15) is 5.11 Å². The van der Waals surface area contributed by atoms with E-state index in [4.69, 9.17) is 0 Å². The van der Waals surface area contributed by atoms with E-state index < -0.39 is 0 Å². The summed E-state index contributed by atoms with van der Waals surface area (Å²) in [7, 11) is 0. The number of hydrogen-bond donors (Lipinski definition) is 1. The minimum Gasteiger partial charge on any atom is -0.393 e. The molecule has 3 rings (SSSR count). The summed E-state index contributed by atoms with van der Waals surface area (Å²) in [6, 6.07) is 10.4. The maximum Gasteiger partial charge on any atom is 0.165 e. The molecule has 6 nitrogen and oxygen atoms in total. The SMILES string of the molecule is OC1CCN(Cc2nnnn2CCc2ccccc2)CC1. The number of aryl methyl sites for hydroxylation is 2. The van der Waals surface area contributed by atoms with Crippen LogP contribution in [-0.2, 0) is 19.5 Å². The zero-order valence-electron chi connectivity index (χ0n) is 12.1. The predicted molar refractivity (Wildman–Crippen MR) is 78.5 cm³/mol. The van der Waals surface area contributed by atoms with Gasteiger partial charge in [0.1, 0.15) is 0 Å². The van der Waals surface area contributed by atoms with Crippen molar-refractivity contribution < 1.29 is 5.11 Å². The minimum absolute atomic E-state index is 0.143.